The van der Waals surface area contributed by atoms with Crippen LogP contribution in [0.25, 0.3) is 171 Å². The van der Waals surface area contributed by atoms with Crippen LogP contribution in [-0.2, 0) is 0 Å². The average molecular weight is 1340 g/mol. The first-order valence-corrected chi connectivity index (χ1v) is 34.5. The summed E-state index contributed by atoms with van der Waals surface area (Å²) in [5, 5.41) is 10.5. The molecular formula is C96H71ClN6. The van der Waals surface area contributed by atoms with Gasteiger partial charge >= 0.3 is 0 Å². The lowest BCUT2D eigenvalue weighted by molar-refractivity contribution is 1.08. The first kappa shape index (κ1) is 64.5. The van der Waals surface area contributed by atoms with Crippen LogP contribution in [0.2, 0.25) is 5.15 Å². The fraction of sp³-hybridized carbons (Fsp3) is 0.0208. The van der Waals surface area contributed by atoms with E-state index in [9.17, 15) is 0 Å². The van der Waals surface area contributed by atoms with Gasteiger partial charge in [0.15, 0.2) is 0 Å². The maximum atomic E-state index is 6.14. The van der Waals surface area contributed by atoms with E-state index in [4.69, 9.17) is 16.6 Å². The molecule has 0 saturated heterocycles. The minimum Gasteiger partial charge on any atom is -0.355 e. The molecule has 0 aliphatic rings. The summed E-state index contributed by atoms with van der Waals surface area (Å²) < 4.78 is 7.05. The van der Waals surface area contributed by atoms with Crippen molar-refractivity contribution in [1.29, 1.82) is 0 Å². The molecule has 0 aliphatic carbocycles. The SMILES string of the molecule is C.C.Clc1cc(-c2ccccc2)cc(-c2ccccc2)n1.c1ccc(-c2cc(-c3ccccc3)nc(-n3c4ccccc4c4cc(-c5ccc6c(c5)c5ccccc5n6-c5ccccc5)ccc43)c2)cc1.c1ccc(-n2c3ccccc3c3cc(-c4ccc5[nH]c6ccccc6c5c4)ccc32)cc1. The van der Waals surface area contributed by atoms with Gasteiger partial charge in [0.05, 0.1) is 44.5 Å². The van der Waals surface area contributed by atoms with E-state index in [1.54, 1.807) is 0 Å². The van der Waals surface area contributed by atoms with Crippen molar-refractivity contribution in [2.24, 2.45) is 0 Å². The number of halogens is 1. The quantitative estimate of drug-likeness (QED) is 0.146. The molecule has 20 rings (SSSR count). The molecule has 7 heteroatoms. The Bertz CT molecular complexity index is 6320. The highest BCUT2D eigenvalue weighted by atomic mass is 35.5. The molecule has 0 aliphatic heterocycles. The molecule has 0 amide bonds. The van der Waals surface area contributed by atoms with E-state index in [0.717, 1.165) is 56.1 Å². The fourth-order valence-corrected chi connectivity index (χ4v) is 14.9. The Hall–Kier alpha value is -13.1. The summed E-state index contributed by atoms with van der Waals surface area (Å²) in [5.74, 6) is 0.902. The van der Waals surface area contributed by atoms with E-state index in [2.05, 4.69) is 345 Å². The molecule has 0 saturated carbocycles. The average Bonchev–Trinajstić information content (AvgIpc) is 1.60. The molecule has 0 unspecified atom stereocenters. The Balaban J connectivity index is 0.000000132. The smallest absolute Gasteiger partial charge is 0.138 e. The van der Waals surface area contributed by atoms with Gasteiger partial charge in [0.2, 0.25) is 0 Å². The van der Waals surface area contributed by atoms with E-state index in [1.807, 2.05) is 54.6 Å². The minimum absolute atomic E-state index is 0. The third kappa shape index (κ3) is 12.2. The van der Waals surface area contributed by atoms with Crippen molar-refractivity contribution in [3.63, 3.8) is 0 Å². The number of nitrogens with one attached hydrogen (secondary N) is 1. The molecule has 6 heterocycles. The molecule has 6 nitrogen and oxygen atoms in total. The standard InChI is InChI=1S/C47H31N3.C30H20N2.C17H12ClN.2CH4/c1-4-14-32(15-5-1)36-30-42(33-16-6-2-7-17-33)48-47(31-36)50-44-23-13-11-21-39(44)41-29-35(25-27-46(41)50)34-24-26-45-40(28-34)38-20-10-12-22-43(38)49(45)37-18-8-3-9-19-37;1-2-8-22(9-3-1)32-29-13-7-5-11-24(29)26-19-21(15-17-30(26)32)20-14-16-28-25(18-20)23-10-4-6-12-27(23)31-28;18-17-12-15(13-7-3-1-4-8-13)11-16(19-17)14-9-5-2-6-10-14;;/h1-31H;1-19,31H;1-12H;2*1H4. The van der Waals surface area contributed by atoms with Crippen LogP contribution in [0, 0.1) is 0 Å². The van der Waals surface area contributed by atoms with Gasteiger partial charge in [0.25, 0.3) is 0 Å². The number of aromatic nitrogens is 6. The molecule has 0 spiro atoms. The van der Waals surface area contributed by atoms with Gasteiger partial charge in [-0.05, 0) is 166 Å². The summed E-state index contributed by atoms with van der Waals surface area (Å²) in [6, 6.07) is 133. The van der Waals surface area contributed by atoms with Crippen molar-refractivity contribution >= 4 is 98.8 Å². The number of nitrogens with zero attached hydrogens (tertiary/aromatic N) is 5. The first-order chi connectivity index (χ1) is 50.0. The Kier molecular flexibility index (Phi) is 17.5. The van der Waals surface area contributed by atoms with Crippen molar-refractivity contribution in [1.82, 2.24) is 28.7 Å². The number of H-pyrrole nitrogens is 1. The molecule has 1 N–H and O–H groups in total. The number of benzene rings is 14. The third-order valence-electron chi connectivity index (χ3n) is 19.4. The Morgan fingerprint density at radius 1 is 0.214 bits per heavy atom. The van der Waals surface area contributed by atoms with Gasteiger partial charge in [-0.1, -0.05) is 281 Å². The highest BCUT2D eigenvalue weighted by Gasteiger charge is 2.20. The number of hydrogen-bond acceptors (Lipinski definition) is 2. The summed E-state index contributed by atoms with van der Waals surface area (Å²) in [4.78, 5) is 13.2. The molecule has 6 aromatic heterocycles. The van der Waals surface area contributed by atoms with Gasteiger partial charge in [0.1, 0.15) is 11.0 Å². The van der Waals surface area contributed by atoms with Crippen LogP contribution in [0.3, 0.4) is 0 Å². The summed E-state index contributed by atoms with van der Waals surface area (Å²) in [5.41, 5.74) is 25.3. The van der Waals surface area contributed by atoms with E-state index in [1.165, 1.54) is 115 Å². The van der Waals surface area contributed by atoms with Gasteiger partial charge in [-0.3, -0.25) is 4.57 Å². The van der Waals surface area contributed by atoms with Crippen LogP contribution < -0.4 is 0 Å². The van der Waals surface area contributed by atoms with Crippen LogP contribution in [0.5, 0.6) is 0 Å². The molecule has 103 heavy (non-hydrogen) atoms. The maximum absolute atomic E-state index is 6.14. The maximum Gasteiger partial charge on any atom is 0.138 e. The minimum atomic E-state index is 0. The van der Waals surface area contributed by atoms with E-state index in [-0.39, 0.29) is 14.9 Å². The topological polar surface area (TPSA) is 56.4 Å². The van der Waals surface area contributed by atoms with Crippen molar-refractivity contribution in [2.45, 2.75) is 14.9 Å². The Morgan fingerprint density at radius 2 is 0.534 bits per heavy atom. The second-order valence-corrected chi connectivity index (χ2v) is 25.9. The van der Waals surface area contributed by atoms with Crippen molar-refractivity contribution in [3.05, 3.63) is 381 Å². The van der Waals surface area contributed by atoms with Gasteiger partial charge in [0, 0.05) is 76.6 Å². The number of para-hydroxylation sites is 6. The molecule has 14 aromatic carbocycles. The molecule has 0 atom stereocenters. The van der Waals surface area contributed by atoms with Gasteiger partial charge < -0.3 is 14.1 Å². The number of pyridine rings is 2. The van der Waals surface area contributed by atoms with Crippen LogP contribution in [0.4, 0.5) is 0 Å². The monoisotopic (exact) mass is 1340 g/mol. The Labute approximate surface area is 603 Å². The predicted molar refractivity (Wildman–Crippen MR) is 438 cm³/mol. The van der Waals surface area contributed by atoms with Crippen LogP contribution in [0.15, 0.2) is 376 Å². The summed E-state index contributed by atoms with van der Waals surface area (Å²) >= 11 is 6.14. The van der Waals surface area contributed by atoms with E-state index >= 15 is 0 Å². The second-order valence-electron chi connectivity index (χ2n) is 25.5. The lowest BCUT2D eigenvalue weighted by Gasteiger charge is -2.13. The van der Waals surface area contributed by atoms with Crippen molar-refractivity contribution < 1.29 is 0 Å². The van der Waals surface area contributed by atoms with E-state index < -0.39 is 0 Å². The highest BCUT2D eigenvalue weighted by Crippen LogP contribution is 2.41. The van der Waals surface area contributed by atoms with Crippen LogP contribution >= 0.6 is 11.6 Å². The zero-order valence-corrected chi connectivity index (χ0v) is 55.7. The predicted octanol–water partition coefficient (Wildman–Crippen LogP) is 26.7. The highest BCUT2D eigenvalue weighted by molar-refractivity contribution is 6.30. The van der Waals surface area contributed by atoms with Crippen LogP contribution in [0.1, 0.15) is 14.9 Å². The van der Waals surface area contributed by atoms with Gasteiger partial charge in [-0.15, -0.1) is 0 Å². The van der Waals surface area contributed by atoms with Gasteiger partial charge in [-0.2, -0.15) is 0 Å². The lowest BCUT2D eigenvalue weighted by Crippen LogP contribution is -2.00. The Morgan fingerprint density at radius 3 is 0.990 bits per heavy atom. The van der Waals surface area contributed by atoms with Gasteiger partial charge in [-0.25, -0.2) is 9.97 Å². The normalized spacial score (nSPS) is 11.2. The molecule has 492 valence electrons. The largest absolute Gasteiger partial charge is 0.355 e. The number of hydrogen-bond donors (Lipinski definition) is 1. The van der Waals surface area contributed by atoms with Crippen molar-refractivity contribution in [3.8, 4) is 84.2 Å². The van der Waals surface area contributed by atoms with Crippen LogP contribution in [-0.4, -0.2) is 28.7 Å². The molecular weight excluding hydrogens is 1270 g/mol. The molecule has 0 fully saturated rings. The number of fused-ring (bicyclic) bond motifs is 12. The lowest BCUT2D eigenvalue weighted by atomic mass is 10.0. The second kappa shape index (κ2) is 27.9. The van der Waals surface area contributed by atoms with Crippen molar-refractivity contribution in [2.75, 3.05) is 0 Å². The molecule has 0 radical (unpaired) electrons. The fourth-order valence-electron chi connectivity index (χ4n) is 14.7. The molecule has 0 bridgehead atoms. The molecule has 20 aromatic rings. The summed E-state index contributed by atoms with van der Waals surface area (Å²) in [7, 11) is 0. The summed E-state index contributed by atoms with van der Waals surface area (Å²) in [6.07, 6.45) is 0. The zero-order valence-electron chi connectivity index (χ0n) is 54.9. The van der Waals surface area contributed by atoms with E-state index in [0.29, 0.717) is 5.15 Å². The first-order valence-electron chi connectivity index (χ1n) is 34.1. The number of rotatable bonds is 9. The summed E-state index contributed by atoms with van der Waals surface area (Å²) in [6.45, 7) is 0. The number of aromatic amines is 1. The third-order valence-corrected chi connectivity index (χ3v) is 19.6. The zero-order chi connectivity index (χ0) is 67.2.